The number of halogens is 1. The first-order chi connectivity index (χ1) is 9.08. The topological polar surface area (TPSA) is 29.9 Å². The zero-order chi connectivity index (χ0) is 14.4. The van der Waals surface area contributed by atoms with Gasteiger partial charge in [-0.1, -0.05) is 52.1 Å². The molecule has 1 aromatic rings. The van der Waals surface area contributed by atoms with E-state index < -0.39 is 0 Å². The number of hydrogen-bond donors (Lipinski definition) is 1. The molecule has 0 aliphatic heterocycles. The van der Waals surface area contributed by atoms with Crippen LogP contribution >= 0.6 is 11.6 Å². The van der Waals surface area contributed by atoms with E-state index in [0.29, 0.717) is 12.0 Å². The molecule has 3 nitrogen and oxygen atoms in total. The summed E-state index contributed by atoms with van der Waals surface area (Å²) < 4.78 is 1.95. The standard InChI is InChI=1S/C15H28ClN3/c1-6-11(7-2)13(17-9-4)10-14-15(16)12(8-3)18-19(14)5/h11,13,17H,6-10H2,1-5H3. The molecule has 0 aromatic carbocycles. The van der Waals surface area contributed by atoms with E-state index in [-0.39, 0.29) is 0 Å². The van der Waals surface area contributed by atoms with Gasteiger partial charge in [0.2, 0.25) is 0 Å². The largest absolute Gasteiger partial charge is 0.314 e. The van der Waals surface area contributed by atoms with Crippen LogP contribution in [-0.2, 0) is 19.9 Å². The van der Waals surface area contributed by atoms with Crippen LogP contribution in [-0.4, -0.2) is 22.4 Å². The Morgan fingerprint density at radius 2 is 1.84 bits per heavy atom. The van der Waals surface area contributed by atoms with Gasteiger partial charge in [-0.2, -0.15) is 5.10 Å². The van der Waals surface area contributed by atoms with Gasteiger partial charge >= 0.3 is 0 Å². The molecule has 0 aliphatic rings. The summed E-state index contributed by atoms with van der Waals surface area (Å²) in [4.78, 5) is 0. The van der Waals surface area contributed by atoms with E-state index in [9.17, 15) is 0 Å². The summed E-state index contributed by atoms with van der Waals surface area (Å²) in [5.74, 6) is 0.691. The lowest BCUT2D eigenvalue weighted by Gasteiger charge is -2.26. The van der Waals surface area contributed by atoms with Crippen molar-refractivity contribution in [2.75, 3.05) is 6.54 Å². The van der Waals surface area contributed by atoms with Crippen molar-refractivity contribution in [3.05, 3.63) is 16.4 Å². The maximum absolute atomic E-state index is 6.45. The maximum Gasteiger partial charge on any atom is 0.0850 e. The molecule has 0 fully saturated rings. The molecule has 1 N–H and O–H groups in total. The Labute approximate surface area is 122 Å². The molecule has 1 atom stereocenters. The van der Waals surface area contributed by atoms with Crippen molar-refractivity contribution < 1.29 is 0 Å². The van der Waals surface area contributed by atoms with Gasteiger partial charge in [0, 0.05) is 19.5 Å². The lowest BCUT2D eigenvalue weighted by atomic mass is 9.90. The fourth-order valence-corrected chi connectivity index (χ4v) is 3.15. The normalized spacial score (nSPS) is 13.2. The molecule has 0 saturated heterocycles. The average molecular weight is 286 g/mol. The molecule has 1 unspecified atom stereocenters. The van der Waals surface area contributed by atoms with Crippen molar-refractivity contribution in [1.29, 1.82) is 0 Å². The third-order valence-corrected chi connectivity index (χ3v) is 4.44. The van der Waals surface area contributed by atoms with Gasteiger partial charge < -0.3 is 5.32 Å². The zero-order valence-electron chi connectivity index (χ0n) is 13.0. The summed E-state index contributed by atoms with van der Waals surface area (Å²) >= 11 is 6.45. The monoisotopic (exact) mass is 285 g/mol. The highest BCUT2D eigenvalue weighted by Gasteiger charge is 2.22. The van der Waals surface area contributed by atoms with Crippen molar-refractivity contribution in [3.63, 3.8) is 0 Å². The second-order valence-corrected chi connectivity index (χ2v) is 5.51. The second kappa shape index (κ2) is 7.91. The average Bonchev–Trinajstić information content (AvgIpc) is 2.67. The minimum Gasteiger partial charge on any atom is -0.314 e. The van der Waals surface area contributed by atoms with Crippen molar-refractivity contribution in [2.24, 2.45) is 13.0 Å². The zero-order valence-corrected chi connectivity index (χ0v) is 13.7. The highest BCUT2D eigenvalue weighted by Crippen LogP contribution is 2.25. The highest BCUT2D eigenvalue weighted by atomic mass is 35.5. The number of likely N-dealkylation sites (N-methyl/N-ethyl adjacent to an activating group) is 1. The summed E-state index contributed by atoms with van der Waals surface area (Å²) in [5.41, 5.74) is 2.18. The summed E-state index contributed by atoms with van der Waals surface area (Å²) in [6.45, 7) is 9.79. The predicted octanol–water partition coefficient (Wildman–Crippen LogP) is 3.59. The maximum atomic E-state index is 6.45. The number of aryl methyl sites for hydroxylation is 2. The van der Waals surface area contributed by atoms with E-state index in [1.54, 1.807) is 0 Å². The molecule has 1 heterocycles. The smallest absolute Gasteiger partial charge is 0.0850 e. The first-order valence-corrected chi connectivity index (χ1v) is 7.90. The van der Waals surface area contributed by atoms with E-state index >= 15 is 0 Å². The summed E-state index contributed by atoms with van der Waals surface area (Å²) in [5, 5.41) is 8.98. The lowest BCUT2D eigenvalue weighted by Crippen LogP contribution is -2.38. The highest BCUT2D eigenvalue weighted by molar-refractivity contribution is 6.31. The molecule has 1 aromatic heterocycles. The third kappa shape index (κ3) is 3.96. The van der Waals surface area contributed by atoms with Gasteiger partial charge in [0.15, 0.2) is 0 Å². The van der Waals surface area contributed by atoms with E-state index in [0.717, 1.165) is 35.8 Å². The molecular formula is C15H28ClN3. The van der Waals surface area contributed by atoms with Crippen LogP contribution in [0.15, 0.2) is 0 Å². The first kappa shape index (κ1) is 16.5. The Kier molecular flexibility index (Phi) is 6.87. The van der Waals surface area contributed by atoms with Gasteiger partial charge in [-0.3, -0.25) is 4.68 Å². The predicted molar refractivity (Wildman–Crippen MR) is 82.8 cm³/mol. The fraction of sp³-hybridized carbons (Fsp3) is 0.800. The van der Waals surface area contributed by atoms with Crippen molar-refractivity contribution >= 4 is 11.6 Å². The van der Waals surface area contributed by atoms with E-state index in [1.807, 2.05) is 11.7 Å². The van der Waals surface area contributed by atoms with Crippen LogP contribution in [0, 0.1) is 5.92 Å². The SMILES string of the molecule is CCNC(Cc1c(Cl)c(CC)nn1C)C(CC)CC. The molecule has 19 heavy (non-hydrogen) atoms. The van der Waals surface area contributed by atoms with E-state index in [1.165, 1.54) is 12.8 Å². The van der Waals surface area contributed by atoms with E-state index in [4.69, 9.17) is 11.6 Å². The third-order valence-electron chi connectivity index (χ3n) is 4.00. The number of nitrogens with zero attached hydrogens (tertiary/aromatic N) is 2. The summed E-state index contributed by atoms with van der Waals surface area (Å²) in [7, 11) is 2.00. The van der Waals surface area contributed by atoms with Crippen molar-refractivity contribution in [3.8, 4) is 0 Å². The summed E-state index contributed by atoms with van der Waals surface area (Å²) in [6, 6.07) is 0.484. The molecule has 0 radical (unpaired) electrons. The van der Waals surface area contributed by atoms with Crippen LogP contribution in [0.1, 0.15) is 51.9 Å². The van der Waals surface area contributed by atoms with Gasteiger partial charge in [0.25, 0.3) is 0 Å². The Morgan fingerprint density at radius 1 is 1.21 bits per heavy atom. The fourth-order valence-electron chi connectivity index (χ4n) is 2.78. The molecular weight excluding hydrogens is 258 g/mol. The van der Waals surface area contributed by atoms with Crippen LogP contribution in [0.25, 0.3) is 0 Å². The Bertz CT molecular complexity index is 383. The molecule has 110 valence electrons. The minimum atomic E-state index is 0.484. The van der Waals surface area contributed by atoms with Crippen molar-refractivity contribution in [2.45, 2.75) is 59.4 Å². The van der Waals surface area contributed by atoms with Gasteiger partial charge in [-0.15, -0.1) is 0 Å². The molecule has 0 bridgehead atoms. The Balaban J connectivity index is 2.92. The van der Waals surface area contributed by atoms with E-state index in [2.05, 4.69) is 38.1 Å². The molecule has 1 rings (SSSR count). The molecule has 0 saturated carbocycles. The minimum absolute atomic E-state index is 0.484. The van der Waals surface area contributed by atoms with Crippen LogP contribution in [0.3, 0.4) is 0 Å². The molecule has 4 heteroatoms. The molecule has 0 aliphatic carbocycles. The van der Waals surface area contributed by atoms with Crippen LogP contribution in [0.4, 0.5) is 0 Å². The molecule has 0 spiro atoms. The quantitative estimate of drug-likeness (QED) is 0.791. The number of nitrogens with one attached hydrogen (secondary N) is 1. The first-order valence-electron chi connectivity index (χ1n) is 7.52. The van der Waals surface area contributed by atoms with Crippen LogP contribution in [0.2, 0.25) is 5.02 Å². The Hall–Kier alpha value is -0.540. The Morgan fingerprint density at radius 3 is 2.26 bits per heavy atom. The number of hydrogen-bond acceptors (Lipinski definition) is 2. The number of aromatic nitrogens is 2. The second-order valence-electron chi connectivity index (χ2n) is 5.13. The molecule has 0 amide bonds. The van der Waals surface area contributed by atoms with Crippen LogP contribution < -0.4 is 5.32 Å². The van der Waals surface area contributed by atoms with Gasteiger partial charge in [-0.05, 0) is 18.9 Å². The van der Waals surface area contributed by atoms with Gasteiger partial charge in [0.1, 0.15) is 0 Å². The number of rotatable bonds is 8. The lowest BCUT2D eigenvalue weighted by molar-refractivity contribution is 0.332. The summed E-state index contributed by atoms with van der Waals surface area (Å²) in [6.07, 6.45) is 4.25. The van der Waals surface area contributed by atoms with Crippen LogP contribution in [0.5, 0.6) is 0 Å². The van der Waals surface area contributed by atoms with Crippen molar-refractivity contribution in [1.82, 2.24) is 15.1 Å². The van der Waals surface area contributed by atoms with Gasteiger partial charge in [0.05, 0.1) is 16.4 Å². The van der Waals surface area contributed by atoms with Gasteiger partial charge in [-0.25, -0.2) is 0 Å².